The third kappa shape index (κ3) is 3.08. The highest BCUT2D eigenvalue weighted by Crippen LogP contribution is 2.10. The molecule has 0 aliphatic carbocycles. The van der Waals surface area contributed by atoms with Crippen LogP contribution in [0.15, 0.2) is 48.5 Å². The van der Waals surface area contributed by atoms with Crippen molar-refractivity contribution >= 4 is 5.97 Å². The third-order valence-electron chi connectivity index (χ3n) is 2.17. The molecule has 0 spiro atoms. The van der Waals surface area contributed by atoms with Crippen molar-refractivity contribution in [2.24, 2.45) is 0 Å². The summed E-state index contributed by atoms with van der Waals surface area (Å²) in [6, 6.07) is 16.7. The van der Waals surface area contributed by atoms with Gasteiger partial charge >= 0.3 is 5.97 Å². The molecule has 0 saturated heterocycles. The minimum absolute atomic E-state index is 0.368. The fourth-order valence-corrected chi connectivity index (χ4v) is 1.25. The highest BCUT2D eigenvalue weighted by molar-refractivity contribution is 5.89. The van der Waals surface area contributed by atoms with Gasteiger partial charge in [0.15, 0.2) is 5.75 Å². The lowest BCUT2D eigenvalue weighted by atomic mass is 10.2. The van der Waals surface area contributed by atoms with Crippen molar-refractivity contribution in [3.8, 4) is 5.75 Å². The summed E-state index contributed by atoms with van der Waals surface area (Å²) < 4.78 is 0. The monoisotopic (exact) mass is 227 g/mol. The van der Waals surface area contributed by atoms with Gasteiger partial charge in [-0.1, -0.05) is 35.9 Å². The van der Waals surface area contributed by atoms with E-state index in [0.717, 1.165) is 5.56 Å². The van der Waals surface area contributed by atoms with Crippen LogP contribution >= 0.6 is 0 Å². The molecular formula is C14H11O3. The van der Waals surface area contributed by atoms with E-state index >= 15 is 0 Å². The molecule has 2 aromatic rings. The van der Waals surface area contributed by atoms with Gasteiger partial charge in [0.1, 0.15) is 0 Å². The number of carbonyl (C=O) groups excluding carboxylic acids is 1. The van der Waals surface area contributed by atoms with Gasteiger partial charge in [-0.05, 0) is 25.1 Å². The summed E-state index contributed by atoms with van der Waals surface area (Å²) in [6.07, 6.45) is 0. The molecule has 0 N–H and O–H groups in total. The number of para-hydroxylation sites is 1. The Bertz CT molecular complexity index is 489. The van der Waals surface area contributed by atoms with Gasteiger partial charge in [-0.2, -0.15) is 0 Å². The number of carbonyl (C=O) groups is 1. The lowest BCUT2D eigenvalue weighted by molar-refractivity contribution is -0.149. The molecule has 0 bridgehead atoms. The Morgan fingerprint density at radius 3 is 2.53 bits per heavy atom. The smallest absolute Gasteiger partial charge is 0.286 e. The number of rotatable bonds is 3. The second-order valence-electron chi connectivity index (χ2n) is 3.55. The van der Waals surface area contributed by atoms with Crippen molar-refractivity contribution in [2.75, 3.05) is 0 Å². The van der Waals surface area contributed by atoms with E-state index in [1.54, 1.807) is 36.4 Å². The molecule has 17 heavy (non-hydrogen) atoms. The predicted molar refractivity (Wildman–Crippen MR) is 62.5 cm³/mol. The molecular weight excluding hydrogens is 216 g/mol. The zero-order valence-corrected chi connectivity index (χ0v) is 9.34. The average Bonchev–Trinajstić information content (AvgIpc) is 2.38. The van der Waals surface area contributed by atoms with E-state index in [4.69, 9.17) is 4.89 Å². The van der Waals surface area contributed by atoms with Gasteiger partial charge in [0.05, 0.1) is 5.56 Å². The topological polar surface area (TPSA) is 35.5 Å². The Hall–Kier alpha value is -2.29. The highest BCUT2D eigenvalue weighted by Gasteiger charge is 2.08. The number of aryl methyl sites for hydroxylation is 1. The fourth-order valence-electron chi connectivity index (χ4n) is 1.25. The van der Waals surface area contributed by atoms with Crippen LogP contribution in [0.5, 0.6) is 5.75 Å². The molecule has 0 aromatic heterocycles. The summed E-state index contributed by atoms with van der Waals surface area (Å²) in [5, 5.41) is 0. The van der Waals surface area contributed by atoms with Crippen molar-refractivity contribution in [3.63, 3.8) is 0 Å². The van der Waals surface area contributed by atoms with E-state index in [-0.39, 0.29) is 0 Å². The Kier molecular flexibility index (Phi) is 3.40. The van der Waals surface area contributed by atoms with Crippen LogP contribution < -0.4 is 4.89 Å². The Morgan fingerprint density at radius 2 is 1.88 bits per heavy atom. The van der Waals surface area contributed by atoms with E-state index in [9.17, 15) is 4.79 Å². The summed E-state index contributed by atoms with van der Waals surface area (Å²) in [5.41, 5.74) is 1.53. The second kappa shape index (κ2) is 5.16. The first-order valence-electron chi connectivity index (χ1n) is 5.18. The molecule has 3 heteroatoms. The van der Waals surface area contributed by atoms with E-state index < -0.39 is 5.97 Å². The van der Waals surface area contributed by atoms with Crippen LogP contribution in [0.2, 0.25) is 0 Å². The standard InChI is InChI=1S/C14H11O3/c1-11-7-9-12(10-8-11)14(15)17-16-13-5-3-2-4-6-13/h2-5,7-10H,1H3. The summed E-state index contributed by atoms with van der Waals surface area (Å²) in [4.78, 5) is 21.1. The van der Waals surface area contributed by atoms with Gasteiger partial charge in [-0.15, -0.1) is 0 Å². The maximum Gasteiger partial charge on any atom is 0.386 e. The largest absolute Gasteiger partial charge is 0.386 e. The molecule has 85 valence electrons. The van der Waals surface area contributed by atoms with Crippen LogP contribution in [0.25, 0.3) is 0 Å². The lowest BCUT2D eigenvalue weighted by Gasteiger charge is -2.03. The van der Waals surface area contributed by atoms with Gasteiger partial charge in [0.2, 0.25) is 0 Å². The molecule has 2 aromatic carbocycles. The number of hydrogen-bond donors (Lipinski definition) is 0. The third-order valence-corrected chi connectivity index (χ3v) is 2.17. The van der Waals surface area contributed by atoms with Crippen LogP contribution in [0.1, 0.15) is 15.9 Å². The van der Waals surface area contributed by atoms with Crippen molar-refractivity contribution < 1.29 is 14.6 Å². The van der Waals surface area contributed by atoms with Crippen molar-refractivity contribution in [1.29, 1.82) is 0 Å². The van der Waals surface area contributed by atoms with Gasteiger partial charge in [0.25, 0.3) is 0 Å². The quantitative estimate of drug-likeness (QED) is 0.597. The van der Waals surface area contributed by atoms with Crippen molar-refractivity contribution in [1.82, 2.24) is 0 Å². The molecule has 0 aliphatic rings. The van der Waals surface area contributed by atoms with E-state index in [0.29, 0.717) is 11.3 Å². The highest BCUT2D eigenvalue weighted by atomic mass is 17.2. The first-order chi connectivity index (χ1) is 8.25. The normalized spacial score (nSPS) is 9.71. The van der Waals surface area contributed by atoms with Gasteiger partial charge in [-0.25, -0.2) is 9.68 Å². The van der Waals surface area contributed by atoms with Gasteiger partial charge in [-0.3, -0.25) is 4.89 Å². The number of benzene rings is 2. The molecule has 1 radical (unpaired) electrons. The molecule has 0 heterocycles. The predicted octanol–water partition coefficient (Wildman–Crippen LogP) is 2.95. The maximum absolute atomic E-state index is 11.6. The summed E-state index contributed by atoms with van der Waals surface area (Å²) in [5.74, 6) is -0.157. The summed E-state index contributed by atoms with van der Waals surface area (Å²) in [6.45, 7) is 1.95. The minimum atomic E-state index is -0.526. The van der Waals surface area contributed by atoms with Crippen LogP contribution in [-0.4, -0.2) is 5.97 Å². The molecule has 0 amide bonds. The maximum atomic E-state index is 11.6. The molecule has 0 saturated carbocycles. The first-order valence-corrected chi connectivity index (χ1v) is 5.18. The van der Waals surface area contributed by atoms with Gasteiger partial charge < -0.3 is 0 Å². The molecule has 3 nitrogen and oxygen atoms in total. The molecule has 0 aliphatic heterocycles. The first kappa shape index (κ1) is 11.2. The lowest BCUT2D eigenvalue weighted by Crippen LogP contribution is -2.08. The van der Waals surface area contributed by atoms with Crippen LogP contribution in [-0.2, 0) is 4.89 Å². The fraction of sp³-hybridized carbons (Fsp3) is 0.0714. The van der Waals surface area contributed by atoms with Crippen LogP contribution in [0.3, 0.4) is 0 Å². The zero-order chi connectivity index (χ0) is 12.1. The van der Waals surface area contributed by atoms with E-state index in [1.807, 2.05) is 19.1 Å². The minimum Gasteiger partial charge on any atom is -0.286 e. The molecule has 0 atom stereocenters. The van der Waals surface area contributed by atoms with Gasteiger partial charge in [0, 0.05) is 6.07 Å². The van der Waals surface area contributed by atoms with E-state index in [1.165, 1.54) is 0 Å². The Morgan fingerprint density at radius 1 is 1.12 bits per heavy atom. The Balaban J connectivity index is 1.96. The van der Waals surface area contributed by atoms with Crippen molar-refractivity contribution in [3.05, 3.63) is 65.7 Å². The summed E-state index contributed by atoms with van der Waals surface area (Å²) in [7, 11) is 0. The molecule has 2 rings (SSSR count). The summed E-state index contributed by atoms with van der Waals surface area (Å²) >= 11 is 0. The van der Waals surface area contributed by atoms with Crippen LogP contribution in [0, 0.1) is 13.0 Å². The number of hydrogen-bond acceptors (Lipinski definition) is 3. The molecule has 0 fully saturated rings. The SMILES string of the molecule is Cc1ccc(C(=O)OOc2[c]cccc2)cc1. The second-order valence-corrected chi connectivity index (χ2v) is 3.55. The van der Waals surface area contributed by atoms with E-state index in [2.05, 4.69) is 11.0 Å². The van der Waals surface area contributed by atoms with Crippen LogP contribution in [0.4, 0.5) is 0 Å². The zero-order valence-electron chi connectivity index (χ0n) is 9.34. The molecule has 0 unspecified atom stereocenters. The Labute approximate surface area is 99.5 Å². The van der Waals surface area contributed by atoms with Crippen molar-refractivity contribution in [2.45, 2.75) is 6.92 Å². The average molecular weight is 227 g/mol.